The Labute approximate surface area is 141 Å². The minimum atomic E-state index is 0.503. The average Bonchev–Trinajstić information content (AvgIpc) is 3.13. The second-order valence-corrected chi connectivity index (χ2v) is 7.30. The van der Waals surface area contributed by atoms with Gasteiger partial charge in [0.15, 0.2) is 5.82 Å². The van der Waals surface area contributed by atoms with E-state index in [0.717, 1.165) is 37.9 Å². The molecule has 0 spiro atoms. The summed E-state index contributed by atoms with van der Waals surface area (Å²) in [6.07, 6.45) is 8.09. The maximum atomic E-state index is 5.48. The van der Waals surface area contributed by atoms with Crippen molar-refractivity contribution in [2.24, 2.45) is 0 Å². The van der Waals surface area contributed by atoms with E-state index in [-0.39, 0.29) is 0 Å². The maximum Gasteiger partial charge on any atom is 0.229 e. The van der Waals surface area contributed by atoms with Crippen molar-refractivity contribution in [1.82, 2.24) is 20.0 Å². The number of anilines is 1. The van der Waals surface area contributed by atoms with Crippen LogP contribution in [0.1, 0.15) is 55.4 Å². The quantitative estimate of drug-likeness (QED) is 0.865. The van der Waals surface area contributed by atoms with Gasteiger partial charge in [0, 0.05) is 37.8 Å². The molecule has 0 amide bonds. The highest BCUT2D eigenvalue weighted by atomic mass is 16.5. The van der Waals surface area contributed by atoms with Crippen LogP contribution in [0.4, 0.5) is 5.69 Å². The van der Waals surface area contributed by atoms with Gasteiger partial charge in [0.25, 0.3) is 0 Å². The summed E-state index contributed by atoms with van der Waals surface area (Å²) in [5.74, 6) is 2.16. The number of nitrogens with zero attached hydrogens (tertiary/aromatic N) is 5. The molecule has 0 unspecified atom stereocenters. The summed E-state index contributed by atoms with van der Waals surface area (Å²) in [5, 5.41) is 4.22. The molecule has 4 heterocycles. The summed E-state index contributed by atoms with van der Waals surface area (Å²) in [6.45, 7) is 3.79. The molecular weight excluding hydrogens is 302 g/mol. The topological polar surface area (TPSA) is 58.3 Å². The SMILES string of the molecule is c1cnc2c(c1)N1CCC[C@H]1CN(Cc1noc(C3CCC3)n1)C2. The average molecular weight is 325 g/mol. The summed E-state index contributed by atoms with van der Waals surface area (Å²) in [7, 11) is 0. The highest BCUT2D eigenvalue weighted by Crippen LogP contribution is 2.35. The van der Waals surface area contributed by atoms with Gasteiger partial charge in [0.2, 0.25) is 5.89 Å². The second kappa shape index (κ2) is 5.84. The van der Waals surface area contributed by atoms with Crippen LogP contribution >= 0.6 is 0 Å². The van der Waals surface area contributed by atoms with E-state index >= 15 is 0 Å². The fourth-order valence-corrected chi connectivity index (χ4v) is 4.20. The largest absolute Gasteiger partial charge is 0.366 e. The summed E-state index contributed by atoms with van der Waals surface area (Å²) in [6, 6.07) is 4.84. The Kier molecular flexibility index (Phi) is 3.51. The zero-order valence-corrected chi connectivity index (χ0v) is 13.9. The molecule has 5 rings (SSSR count). The lowest BCUT2D eigenvalue weighted by Gasteiger charge is -2.26. The monoisotopic (exact) mass is 325 g/mol. The summed E-state index contributed by atoms with van der Waals surface area (Å²) in [4.78, 5) is 14.3. The first-order chi connectivity index (χ1) is 11.9. The van der Waals surface area contributed by atoms with E-state index in [0.29, 0.717) is 12.0 Å². The van der Waals surface area contributed by atoms with Gasteiger partial charge in [-0.1, -0.05) is 11.6 Å². The van der Waals surface area contributed by atoms with Crippen LogP contribution in [-0.2, 0) is 13.1 Å². The van der Waals surface area contributed by atoms with Gasteiger partial charge < -0.3 is 9.42 Å². The van der Waals surface area contributed by atoms with Gasteiger partial charge in [0.05, 0.1) is 17.9 Å². The molecule has 3 aliphatic rings. The van der Waals surface area contributed by atoms with Gasteiger partial charge >= 0.3 is 0 Å². The first kappa shape index (κ1) is 14.4. The van der Waals surface area contributed by atoms with E-state index in [1.165, 1.54) is 43.5 Å². The van der Waals surface area contributed by atoms with Crippen LogP contribution in [0.25, 0.3) is 0 Å². The molecule has 0 bridgehead atoms. The van der Waals surface area contributed by atoms with Crippen molar-refractivity contribution in [3.8, 4) is 0 Å². The molecule has 24 heavy (non-hydrogen) atoms. The molecule has 6 heteroatoms. The molecule has 2 aromatic heterocycles. The predicted octanol–water partition coefficient (Wildman–Crippen LogP) is 2.72. The van der Waals surface area contributed by atoms with Crippen molar-refractivity contribution in [1.29, 1.82) is 0 Å². The number of hydrogen-bond acceptors (Lipinski definition) is 6. The van der Waals surface area contributed by atoms with E-state index in [9.17, 15) is 0 Å². The predicted molar refractivity (Wildman–Crippen MR) is 89.6 cm³/mol. The molecular formula is C18H23N5O. The zero-order chi connectivity index (χ0) is 15.9. The Balaban J connectivity index is 1.37. The summed E-state index contributed by atoms with van der Waals surface area (Å²) < 4.78 is 5.48. The van der Waals surface area contributed by atoms with Crippen LogP contribution in [0.5, 0.6) is 0 Å². The molecule has 0 aromatic carbocycles. The molecule has 2 aromatic rings. The fraction of sp³-hybridized carbons (Fsp3) is 0.611. The lowest BCUT2D eigenvalue weighted by atomic mass is 9.85. The van der Waals surface area contributed by atoms with Crippen LogP contribution < -0.4 is 4.90 Å². The Morgan fingerprint density at radius 2 is 2.17 bits per heavy atom. The van der Waals surface area contributed by atoms with Crippen molar-refractivity contribution >= 4 is 5.69 Å². The Morgan fingerprint density at radius 3 is 3.04 bits per heavy atom. The zero-order valence-electron chi connectivity index (χ0n) is 13.9. The molecule has 1 saturated carbocycles. The van der Waals surface area contributed by atoms with Gasteiger partial charge in [0.1, 0.15) is 0 Å². The van der Waals surface area contributed by atoms with Gasteiger partial charge in [-0.25, -0.2) is 0 Å². The van der Waals surface area contributed by atoms with Crippen molar-refractivity contribution in [2.75, 3.05) is 18.0 Å². The van der Waals surface area contributed by atoms with Gasteiger partial charge in [-0.2, -0.15) is 4.98 Å². The molecule has 126 valence electrons. The van der Waals surface area contributed by atoms with E-state index in [1.807, 2.05) is 12.3 Å². The standard InChI is InChI=1S/C18H23N5O/c1-4-13(5-1)18-20-17(21-24-18)12-22-10-14-6-3-9-23(14)16-7-2-8-19-15(16)11-22/h2,7-8,13-14H,1,3-6,9-12H2/t14-/m0/s1. The summed E-state index contributed by atoms with van der Waals surface area (Å²) >= 11 is 0. The van der Waals surface area contributed by atoms with Crippen LogP contribution in [0.3, 0.4) is 0 Å². The Bertz CT molecular complexity index is 726. The number of hydrogen-bond donors (Lipinski definition) is 0. The number of fused-ring (bicyclic) bond motifs is 3. The van der Waals surface area contributed by atoms with Gasteiger partial charge in [-0.05, 0) is 37.8 Å². The highest BCUT2D eigenvalue weighted by Gasteiger charge is 2.32. The molecule has 1 saturated heterocycles. The van der Waals surface area contributed by atoms with Crippen LogP contribution in [-0.4, -0.2) is 39.2 Å². The Hall–Kier alpha value is -1.95. The molecule has 0 N–H and O–H groups in total. The molecule has 0 radical (unpaired) electrons. The molecule has 1 aliphatic carbocycles. The number of aromatic nitrogens is 3. The Morgan fingerprint density at radius 1 is 1.21 bits per heavy atom. The van der Waals surface area contributed by atoms with Crippen molar-refractivity contribution in [3.05, 3.63) is 35.7 Å². The van der Waals surface area contributed by atoms with Crippen molar-refractivity contribution in [3.63, 3.8) is 0 Å². The van der Waals surface area contributed by atoms with Crippen LogP contribution in [0, 0.1) is 0 Å². The first-order valence-electron chi connectivity index (χ1n) is 9.12. The molecule has 6 nitrogen and oxygen atoms in total. The van der Waals surface area contributed by atoms with Crippen LogP contribution in [0.15, 0.2) is 22.9 Å². The molecule has 2 aliphatic heterocycles. The van der Waals surface area contributed by atoms with Crippen molar-refractivity contribution in [2.45, 2.75) is 57.2 Å². The minimum absolute atomic E-state index is 0.503. The maximum absolute atomic E-state index is 5.48. The third-order valence-corrected chi connectivity index (χ3v) is 5.70. The third-order valence-electron chi connectivity index (χ3n) is 5.70. The highest BCUT2D eigenvalue weighted by molar-refractivity contribution is 5.53. The van der Waals surface area contributed by atoms with Gasteiger partial charge in [-0.15, -0.1) is 0 Å². The summed E-state index contributed by atoms with van der Waals surface area (Å²) in [5.41, 5.74) is 2.48. The van der Waals surface area contributed by atoms with E-state index in [1.54, 1.807) is 0 Å². The second-order valence-electron chi connectivity index (χ2n) is 7.30. The smallest absolute Gasteiger partial charge is 0.229 e. The van der Waals surface area contributed by atoms with E-state index < -0.39 is 0 Å². The third kappa shape index (κ3) is 2.49. The number of rotatable bonds is 3. The van der Waals surface area contributed by atoms with E-state index in [4.69, 9.17) is 4.52 Å². The van der Waals surface area contributed by atoms with Crippen LogP contribution in [0.2, 0.25) is 0 Å². The first-order valence-corrected chi connectivity index (χ1v) is 9.12. The van der Waals surface area contributed by atoms with Crippen molar-refractivity contribution < 1.29 is 4.52 Å². The normalized spacial score (nSPS) is 24.3. The van der Waals surface area contributed by atoms with Gasteiger partial charge in [-0.3, -0.25) is 9.88 Å². The van der Waals surface area contributed by atoms with E-state index in [2.05, 4.69) is 31.0 Å². The molecule has 1 atom stereocenters. The fourth-order valence-electron chi connectivity index (χ4n) is 4.20. The lowest BCUT2D eigenvalue weighted by Crippen LogP contribution is -2.37. The number of pyridine rings is 1. The molecule has 2 fully saturated rings. The minimum Gasteiger partial charge on any atom is -0.366 e. The lowest BCUT2D eigenvalue weighted by molar-refractivity contribution is 0.234.